The van der Waals surface area contributed by atoms with Gasteiger partial charge in [0.25, 0.3) is 0 Å². The molecule has 0 fully saturated rings. The molecule has 0 aliphatic carbocycles. The average Bonchev–Trinajstić information content (AvgIpc) is 2.97. The standard InChI is InChI=1S/C19H27N3OS.HI/c1-4-20-19(21-12-16-7-5-6-8-17(16)13-23)22-14(2)11-18-10-9-15(3)24-18;/h5-10,14,23H,4,11-13H2,1-3H3,(H2,20,21,22);1H. The molecule has 1 unspecified atom stereocenters. The van der Waals surface area contributed by atoms with E-state index in [1.807, 2.05) is 35.6 Å². The molecule has 1 heterocycles. The molecule has 1 atom stereocenters. The van der Waals surface area contributed by atoms with E-state index >= 15 is 0 Å². The third kappa shape index (κ3) is 7.33. The first-order valence-electron chi connectivity index (χ1n) is 8.40. The van der Waals surface area contributed by atoms with Crippen molar-refractivity contribution in [2.24, 2.45) is 4.99 Å². The highest BCUT2D eigenvalue weighted by atomic mass is 127. The quantitative estimate of drug-likeness (QED) is 0.325. The summed E-state index contributed by atoms with van der Waals surface area (Å²) in [4.78, 5) is 7.39. The molecule has 0 saturated carbocycles. The van der Waals surface area contributed by atoms with Crippen LogP contribution in [0.5, 0.6) is 0 Å². The highest BCUT2D eigenvalue weighted by Crippen LogP contribution is 2.16. The third-order valence-electron chi connectivity index (χ3n) is 3.73. The maximum absolute atomic E-state index is 9.42. The predicted molar refractivity (Wildman–Crippen MR) is 118 cm³/mol. The Morgan fingerprint density at radius 3 is 2.52 bits per heavy atom. The molecule has 1 aromatic carbocycles. The molecule has 0 aliphatic rings. The molecular formula is C19H28IN3OS. The second-order valence-corrected chi connectivity index (χ2v) is 7.26. The van der Waals surface area contributed by atoms with E-state index in [9.17, 15) is 5.11 Å². The van der Waals surface area contributed by atoms with Gasteiger partial charge in [-0.2, -0.15) is 0 Å². The summed E-state index contributed by atoms with van der Waals surface area (Å²) in [6, 6.07) is 12.5. The Morgan fingerprint density at radius 2 is 1.92 bits per heavy atom. The maximum atomic E-state index is 9.42. The smallest absolute Gasteiger partial charge is 0.191 e. The molecule has 0 spiro atoms. The molecule has 2 rings (SSSR count). The number of aliphatic hydroxyl groups excluding tert-OH is 1. The molecule has 0 radical (unpaired) electrons. The normalized spacial score (nSPS) is 12.4. The third-order valence-corrected chi connectivity index (χ3v) is 4.75. The Hall–Kier alpha value is -1.12. The summed E-state index contributed by atoms with van der Waals surface area (Å²) in [6.45, 7) is 7.78. The Balaban J connectivity index is 0.00000312. The van der Waals surface area contributed by atoms with Gasteiger partial charge in [-0.15, -0.1) is 35.3 Å². The van der Waals surface area contributed by atoms with E-state index in [1.165, 1.54) is 9.75 Å². The van der Waals surface area contributed by atoms with Gasteiger partial charge < -0.3 is 15.7 Å². The van der Waals surface area contributed by atoms with E-state index in [0.29, 0.717) is 12.6 Å². The van der Waals surface area contributed by atoms with E-state index in [0.717, 1.165) is 30.1 Å². The molecule has 0 aliphatic heterocycles. The number of halogens is 1. The predicted octanol–water partition coefficient (Wildman–Crippen LogP) is 3.85. The van der Waals surface area contributed by atoms with Gasteiger partial charge in [0.1, 0.15) is 0 Å². The van der Waals surface area contributed by atoms with E-state index < -0.39 is 0 Å². The fourth-order valence-electron chi connectivity index (χ4n) is 2.53. The largest absolute Gasteiger partial charge is 0.392 e. The fraction of sp³-hybridized carbons (Fsp3) is 0.421. The summed E-state index contributed by atoms with van der Waals surface area (Å²) in [7, 11) is 0. The number of guanidine groups is 1. The number of benzene rings is 1. The minimum Gasteiger partial charge on any atom is -0.392 e. The minimum atomic E-state index is 0. The molecule has 0 saturated heterocycles. The van der Waals surface area contributed by atoms with Crippen molar-refractivity contribution in [2.75, 3.05) is 6.54 Å². The van der Waals surface area contributed by atoms with Crippen molar-refractivity contribution < 1.29 is 5.11 Å². The van der Waals surface area contributed by atoms with Crippen LogP contribution in [0.25, 0.3) is 0 Å². The molecule has 2 aromatic rings. The topological polar surface area (TPSA) is 56.7 Å². The summed E-state index contributed by atoms with van der Waals surface area (Å²) in [6.07, 6.45) is 0.982. The van der Waals surface area contributed by atoms with Gasteiger partial charge in [0, 0.05) is 28.8 Å². The number of nitrogens with one attached hydrogen (secondary N) is 2. The highest BCUT2D eigenvalue weighted by Gasteiger charge is 2.08. The van der Waals surface area contributed by atoms with Gasteiger partial charge in [0.15, 0.2) is 5.96 Å². The second-order valence-electron chi connectivity index (χ2n) is 5.88. The first-order valence-corrected chi connectivity index (χ1v) is 9.21. The molecule has 4 nitrogen and oxygen atoms in total. The summed E-state index contributed by atoms with van der Waals surface area (Å²) in [5, 5.41) is 16.2. The first-order chi connectivity index (χ1) is 11.6. The lowest BCUT2D eigenvalue weighted by Crippen LogP contribution is -2.43. The van der Waals surface area contributed by atoms with Gasteiger partial charge in [-0.3, -0.25) is 0 Å². The maximum Gasteiger partial charge on any atom is 0.191 e. The van der Waals surface area contributed by atoms with Gasteiger partial charge in [0.05, 0.1) is 13.2 Å². The molecule has 6 heteroatoms. The number of aliphatic imine (C=N–C) groups is 1. The van der Waals surface area contributed by atoms with Crippen LogP contribution < -0.4 is 10.6 Å². The lowest BCUT2D eigenvalue weighted by molar-refractivity contribution is 0.280. The second kappa shape index (κ2) is 11.5. The van der Waals surface area contributed by atoms with Crippen LogP contribution >= 0.6 is 35.3 Å². The van der Waals surface area contributed by atoms with Crippen LogP contribution in [0.4, 0.5) is 0 Å². The molecule has 3 N–H and O–H groups in total. The van der Waals surface area contributed by atoms with Crippen molar-refractivity contribution in [3.05, 3.63) is 57.3 Å². The Bertz CT molecular complexity index is 672. The lowest BCUT2D eigenvalue weighted by atomic mass is 10.1. The van der Waals surface area contributed by atoms with Crippen LogP contribution in [0.3, 0.4) is 0 Å². The van der Waals surface area contributed by atoms with Crippen molar-refractivity contribution in [3.8, 4) is 0 Å². The first kappa shape index (κ1) is 21.9. The number of nitrogens with zero attached hydrogens (tertiary/aromatic N) is 1. The number of hydrogen-bond acceptors (Lipinski definition) is 3. The Labute approximate surface area is 171 Å². The SMILES string of the molecule is CCNC(=NCc1ccccc1CO)NC(C)Cc1ccc(C)s1.I. The lowest BCUT2D eigenvalue weighted by Gasteiger charge is -2.17. The summed E-state index contributed by atoms with van der Waals surface area (Å²) in [5.41, 5.74) is 1.98. The number of aliphatic hydroxyl groups is 1. The highest BCUT2D eigenvalue weighted by molar-refractivity contribution is 14.0. The number of rotatable bonds is 7. The van der Waals surface area contributed by atoms with Crippen LogP contribution in [-0.4, -0.2) is 23.7 Å². The van der Waals surface area contributed by atoms with Crippen molar-refractivity contribution in [1.29, 1.82) is 0 Å². The number of aryl methyl sites for hydroxylation is 1. The van der Waals surface area contributed by atoms with Crippen molar-refractivity contribution in [3.63, 3.8) is 0 Å². The van der Waals surface area contributed by atoms with Crippen LogP contribution in [0, 0.1) is 6.92 Å². The Kier molecular flexibility index (Phi) is 10.1. The molecule has 25 heavy (non-hydrogen) atoms. The molecule has 1 aromatic heterocycles. The summed E-state index contributed by atoms with van der Waals surface area (Å²) < 4.78 is 0. The van der Waals surface area contributed by atoms with Gasteiger partial charge in [-0.25, -0.2) is 4.99 Å². The van der Waals surface area contributed by atoms with Crippen molar-refractivity contribution in [1.82, 2.24) is 10.6 Å². The van der Waals surface area contributed by atoms with Crippen LogP contribution in [0.2, 0.25) is 0 Å². The molecule has 138 valence electrons. The summed E-state index contributed by atoms with van der Waals surface area (Å²) >= 11 is 1.84. The van der Waals surface area contributed by atoms with E-state index in [4.69, 9.17) is 0 Å². The monoisotopic (exact) mass is 473 g/mol. The number of hydrogen-bond donors (Lipinski definition) is 3. The molecular weight excluding hydrogens is 445 g/mol. The summed E-state index contributed by atoms with van der Waals surface area (Å²) in [5.74, 6) is 0.811. The van der Waals surface area contributed by atoms with Gasteiger partial charge in [-0.05, 0) is 44.0 Å². The van der Waals surface area contributed by atoms with Crippen molar-refractivity contribution in [2.45, 2.75) is 46.4 Å². The van der Waals surface area contributed by atoms with E-state index in [1.54, 1.807) is 0 Å². The van der Waals surface area contributed by atoms with Gasteiger partial charge in [-0.1, -0.05) is 24.3 Å². The molecule has 0 bridgehead atoms. The van der Waals surface area contributed by atoms with Crippen LogP contribution in [0.1, 0.15) is 34.7 Å². The van der Waals surface area contributed by atoms with Gasteiger partial charge in [0.2, 0.25) is 0 Å². The Morgan fingerprint density at radius 1 is 1.20 bits per heavy atom. The zero-order chi connectivity index (χ0) is 17.4. The number of thiophene rings is 1. The van der Waals surface area contributed by atoms with Crippen LogP contribution in [-0.2, 0) is 19.6 Å². The fourth-order valence-corrected chi connectivity index (χ4v) is 3.55. The van der Waals surface area contributed by atoms with Crippen molar-refractivity contribution >= 4 is 41.3 Å². The average molecular weight is 473 g/mol. The van der Waals surface area contributed by atoms with Gasteiger partial charge >= 0.3 is 0 Å². The zero-order valence-corrected chi connectivity index (χ0v) is 18.2. The van der Waals surface area contributed by atoms with E-state index in [-0.39, 0.29) is 30.6 Å². The van der Waals surface area contributed by atoms with E-state index in [2.05, 4.69) is 48.5 Å². The molecule has 0 amide bonds. The van der Waals surface area contributed by atoms with Crippen LogP contribution in [0.15, 0.2) is 41.4 Å². The minimum absolute atomic E-state index is 0. The zero-order valence-electron chi connectivity index (χ0n) is 15.1.